The van der Waals surface area contributed by atoms with E-state index in [1.165, 1.54) is 83.5 Å². The average Bonchev–Trinajstić information content (AvgIpc) is 2.97. The lowest BCUT2D eigenvalue weighted by molar-refractivity contribution is -0.150. The Morgan fingerprint density at radius 3 is 1.57 bits per heavy atom. The lowest BCUT2D eigenvalue weighted by Gasteiger charge is -2.18. The van der Waals surface area contributed by atoms with E-state index in [4.69, 9.17) is 9.84 Å². The Kier molecular flexibility index (Phi) is 32.2. The van der Waals surface area contributed by atoms with E-state index in [2.05, 4.69) is 50.3 Å². The molecule has 0 saturated heterocycles. The van der Waals surface area contributed by atoms with Gasteiger partial charge in [0.2, 0.25) is 0 Å². The molecule has 0 amide bonds. The van der Waals surface area contributed by atoms with E-state index in [1.54, 1.807) is 0 Å². The molecule has 0 bridgehead atoms. The van der Waals surface area contributed by atoms with Crippen LogP contribution in [0.4, 0.5) is 0 Å². The quantitative estimate of drug-likeness (QED) is 0.0482. The first-order valence-corrected chi connectivity index (χ1v) is 18.0. The van der Waals surface area contributed by atoms with Crippen molar-refractivity contribution in [2.24, 2.45) is 0 Å². The van der Waals surface area contributed by atoms with Crippen molar-refractivity contribution in [2.45, 2.75) is 193 Å². The smallest absolute Gasteiger partial charge is 0.306 e. The van der Waals surface area contributed by atoms with Gasteiger partial charge in [-0.25, -0.2) is 0 Å². The molecule has 0 saturated carbocycles. The monoisotopic (exact) mass is 589 g/mol. The zero-order chi connectivity index (χ0) is 30.8. The second-order valence-electron chi connectivity index (χ2n) is 12.0. The molecule has 0 radical (unpaired) electrons. The second kappa shape index (κ2) is 33.7. The predicted octanol–water partition coefficient (Wildman–Crippen LogP) is 12.2. The highest BCUT2D eigenvalue weighted by Crippen LogP contribution is 2.18. The fourth-order valence-electron chi connectivity index (χ4n) is 5.26. The fourth-order valence-corrected chi connectivity index (χ4v) is 5.26. The third kappa shape index (κ3) is 32.7. The molecule has 0 fully saturated rings. The van der Waals surface area contributed by atoms with Crippen molar-refractivity contribution >= 4 is 11.9 Å². The molecular weight excluding hydrogens is 520 g/mol. The predicted molar refractivity (Wildman–Crippen MR) is 181 cm³/mol. The molecule has 42 heavy (non-hydrogen) atoms. The first kappa shape index (κ1) is 40.2. The summed E-state index contributed by atoms with van der Waals surface area (Å²) < 4.78 is 5.92. The number of rotatable bonds is 32. The summed E-state index contributed by atoms with van der Waals surface area (Å²) in [6.07, 6.45) is 42.9. The molecule has 4 nitrogen and oxygen atoms in total. The molecule has 0 aromatic carbocycles. The zero-order valence-corrected chi connectivity index (χ0v) is 27.8. The first-order chi connectivity index (χ1) is 20.6. The van der Waals surface area contributed by atoms with Gasteiger partial charge in [0.25, 0.3) is 0 Å². The average molecular weight is 589 g/mol. The van der Waals surface area contributed by atoms with Gasteiger partial charge in [0.1, 0.15) is 6.10 Å². The molecule has 0 rings (SSSR count). The summed E-state index contributed by atoms with van der Waals surface area (Å²) in [7, 11) is 0. The maximum absolute atomic E-state index is 12.5. The van der Waals surface area contributed by atoms with E-state index in [-0.39, 0.29) is 18.5 Å². The van der Waals surface area contributed by atoms with Gasteiger partial charge in [-0.05, 0) is 70.6 Å². The number of carboxylic acids is 1. The minimum atomic E-state index is -0.727. The van der Waals surface area contributed by atoms with E-state index >= 15 is 0 Å². The molecule has 0 aliphatic heterocycles. The van der Waals surface area contributed by atoms with Crippen LogP contribution >= 0.6 is 0 Å². The molecule has 244 valence electrons. The summed E-state index contributed by atoms with van der Waals surface area (Å²) >= 11 is 0. The number of esters is 1. The van der Waals surface area contributed by atoms with Crippen LogP contribution in [0.1, 0.15) is 187 Å². The number of unbranched alkanes of at least 4 members (excludes halogenated alkanes) is 17. The summed E-state index contributed by atoms with van der Waals surface area (Å²) in [6.45, 7) is 4.42. The molecule has 1 N–H and O–H groups in total. The van der Waals surface area contributed by atoms with Crippen LogP contribution in [-0.4, -0.2) is 23.1 Å². The van der Waals surface area contributed by atoms with Crippen LogP contribution in [0.15, 0.2) is 36.5 Å². The van der Waals surface area contributed by atoms with Gasteiger partial charge in [0.05, 0.1) is 0 Å². The SMILES string of the molecule is CC/C=C\C/C=C\C/C=C\CCCCCCCC(=O)OC(CCCCCCCCCCCCC)CCCCCC(=O)O. The Morgan fingerprint density at radius 1 is 0.548 bits per heavy atom. The molecule has 1 atom stereocenters. The minimum Gasteiger partial charge on any atom is -0.481 e. The van der Waals surface area contributed by atoms with Crippen LogP contribution in [0.3, 0.4) is 0 Å². The maximum Gasteiger partial charge on any atom is 0.306 e. The Balaban J connectivity index is 4.00. The lowest BCUT2D eigenvalue weighted by Crippen LogP contribution is -2.18. The number of hydrogen-bond donors (Lipinski definition) is 1. The number of aliphatic carboxylic acids is 1. The van der Waals surface area contributed by atoms with Crippen molar-refractivity contribution in [2.75, 3.05) is 0 Å². The molecular formula is C38H68O4. The van der Waals surface area contributed by atoms with Gasteiger partial charge in [-0.3, -0.25) is 9.59 Å². The van der Waals surface area contributed by atoms with Gasteiger partial charge >= 0.3 is 11.9 Å². The summed E-state index contributed by atoms with van der Waals surface area (Å²) in [5.74, 6) is -0.774. The molecule has 1 unspecified atom stereocenters. The van der Waals surface area contributed by atoms with Crippen LogP contribution in [0.2, 0.25) is 0 Å². The van der Waals surface area contributed by atoms with Gasteiger partial charge in [-0.1, -0.05) is 140 Å². The molecule has 0 aliphatic carbocycles. The highest BCUT2D eigenvalue weighted by molar-refractivity contribution is 5.69. The number of allylic oxidation sites excluding steroid dienone is 6. The number of hydrogen-bond acceptors (Lipinski definition) is 3. The highest BCUT2D eigenvalue weighted by atomic mass is 16.5. The van der Waals surface area contributed by atoms with Gasteiger partial charge in [-0.15, -0.1) is 0 Å². The van der Waals surface area contributed by atoms with Crippen molar-refractivity contribution < 1.29 is 19.4 Å². The van der Waals surface area contributed by atoms with Gasteiger partial charge < -0.3 is 9.84 Å². The van der Waals surface area contributed by atoms with Crippen LogP contribution < -0.4 is 0 Å². The highest BCUT2D eigenvalue weighted by Gasteiger charge is 2.14. The topological polar surface area (TPSA) is 63.6 Å². The van der Waals surface area contributed by atoms with Crippen molar-refractivity contribution in [3.8, 4) is 0 Å². The number of carbonyl (C=O) groups is 2. The Bertz CT molecular complexity index is 679. The van der Waals surface area contributed by atoms with Crippen LogP contribution in [0.25, 0.3) is 0 Å². The standard InChI is InChI=1S/C38H68O4/c1-3-5-7-9-11-13-15-16-17-18-20-22-24-26-31-35-38(41)42-36(33-29-27-30-34-37(39)40)32-28-25-23-21-19-14-12-10-8-6-4-2/h5,7,11,13,16-17,36H,3-4,6,8-10,12,14-15,18-35H2,1-2H3,(H,39,40)/b7-5-,13-11-,17-16-. The van der Waals surface area contributed by atoms with Crippen molar-refractivity contribution in [1.82, 2.24) is 0 Å². The van der Waals surface area contributed by atoms with Gasteiger partial charge in [0, 0.05) is 12.8 Å². The van der Waals surface area contributed by atoms with Crippen LogP contribution in [0, 0.1) is 0 Å². The molecule has 4 heteroatoms. The number of carbonyl (C=O) groups excluding carboxylic acids is 1. The van der Waals surface area contributed by atoms with Crippen LogP contribution in [0.5, 0.6) is 0 Å². The zero-order valence-electron chi connectivity index (χ0n) is 27.8. The Hall–Kier alpha value is -1.84. The lowest BCUT2D eigenvalue weighted by atomic mass is 10.0. The largest absolute Gasteiger partial charge is 0.481 e. The van der Waals surface area contributed by atoms with Gasteiger partial charge in [0.15, 0.2) is 0 Å². The second-order valence-corrected chi connectivity index (χ2v) is 12.0. The molecule has 0 spiro atoms. The molecule has 0 aliphatic rings. The number of carboxylic acid groups (broad SMARTS) is 1. The van der Waals surface area contributed by atoms with E-state index < -0.39 is 5.97 Å². The van der Waals surface area contributed by atoms with E-state index in [0.717, 1.165) is 70.6 Å². The van der Waals surface area contributed by atoms with Crippen molar-refractivity contribution in [1.29, 1.82) is 0 Å². The third-order valence-corrected chi connectivity index (χ3v) is 7.88. The van der Waals surface area contributed by atoms with E-state index in [9.17, 15) is 9.59 Å². The third-order valence-electron chi connectivity index (χ3n) is 7.88. The summed E-state index contributed by atoms with van der Waals surface area (Å²) in [5, 5.41) is 8.86. The summed E-state index contributed by atoms with van der Waals surface area (Å²) in [4.78, 5) is 23.3. The minimum absolute atomic E-state index is 0.00432. The molecule has 0 heterocycles. The Morgan fingerprint density at radius 2 is 1.00 bits per heavy atom. The summed E-state index contributed by atoms with van der Waals surface area (Å²) in [6, 6.07) is 0. The van der Waals surface area contributed by atoms with Gasteiger partial charge in [-0.2, -0.15) is 0 Å². The van der Waals surface area contributed by atoms with E-state index in [0.29, 0.717) is 12.8 Å². The maximum atomic E-state index is 12.5. The molecule has 0 aromatic heterocycles. The summed E-state index contributed by atoms with van der Waals surface area (Å²) in [5.41, 5.74) is 0. The normalized spacial score (nSPS) is 12.6. The fraction of sp³-hybridized carbons (Fsp3) is 0.789. The van der Waals surface area contributed by atoms with Crippen LogP contribution in [-0.2, 0) is 14.3 Å². The van der Waals surface area contributed by atoms with Crippen molar-refractivity contribution in [3.05, 3.63) is 36.5 Å². The van der Waals surface area contributed by atoms with E-state index in [1.807, 2.05) is 0 Å². The van der Waals surface area contributed by atoms with Crippen molar-refractivity contribution in [3.63, 3.8) is 0 Å². The Labute approximate surface area is 260 Å². The number of ether oxygens (including phenoxy) is 1. The first-order valence-electron chi connectivity index (χ1n) is 18.0. The molecule has 0 aromatic rings.